The molecular weight excluding hydrogens is 356 g/mol. The average molecular weight is 389 g/mol. The molecular formula is C22H32N2O2S. The zero-order chi connectivity index (χ0) is 19.3. The van der Waals surface area contributed by atoms with E-state index in [-0.39, 0.29) is 11.7 Å². The molecule has 0 aromatic carbocycles. The lowest BCUT2D eigenvalue weighted by molar-refractivity contribution is -0.140. The van der Waals surface area contributed by atoms with Gasteiger partial charge in [0.05, 0.1) is 17.9 Å². The standard InChI is InChI=1S/C22H32N2O2S/c1-2-3-4-5-8-11-14-26-21(25)17-27-22-19(16-23)15-18-12-9-6-7-10-13-20(18)24-22/h15H,2-14,17H2,1H3. The van der Waals surface area contributed by atoms with Gasteiger partial charge < -0.3 is 4.74 Å². The van der Waals surface area contributed by atoms with Crippen LogP contribution in [0.1, 0.15) is 88.0 Å². The van der Waals surface area contributed by atoms with Crippen LogP contribution in [0.15, 0.2) is 11.1 Å². The molecule has 0 amide bonds. The Morgan fingerprint density at radius 3 is 2.67 bits per heavy atom. The Kier molecular flexibility index (Phi) is 10.3. The largest absolute Gasteiger partial charge is 0.465 e. The number of hydrogen-bond donors (Lipinski definition) is 0. The van der Waals surface area contributed by atoms with Crippen LogP contribution in [0, 0.1) is 11.3 Å². The van der Waals surface area contributed by atoms with Crippen molar-refractivity contribution in [3.8, 4) is 6.07 Å². The van der Waals surface area contributed by atoms with Gasteiger partial charge in [-0.25, -0.2) is 4.98 Å². The van der Waals surface area contributed by atoms with Crippen LogP contribution in [-0.2, 0) is 22.4 Å². The second-order valence-electron chi connectivity index (χ2n) is 7.25. The fraction of sp³-hybridized carbons (Fsp3) is 0.682. The summed E-state index contributed by atoms with van der Waals surface area (Å²) in [7, 11) is 0. The summed E-state index contributed by atoms with van der Waals surface area (Å²) in [6.45, 7) is 2.70. The van der Waals surface area contributed by atoms with Gasteiger partial charge in [0.2, 0.25) is 0 Å². The predicted octanol–water partition coefficient (Wildman–Crippen LogP) is 5.61. The summed E-state index contributed by atoms with van der Waals surface area (Å²) in [6, 6.07) is 4.23. The molecule has 4 nitrogen and oxygen atoms in total. The number of hydrogen-bond acceptors (Lipinski definition) is 5. The molecule has 1 heterocycles. The number of thioether (sulfide) groups is 1. The van der Waals surface area contributed by atoms with Crippen molar-refractivity contribution in [2.75, 3.05) is 12.4 Å². The molecule has 1 aromatic rings. The van der Waals surface area contributed by atoms with Gasteiger partial charge in [-0.05, 0) is 43.7 Å². The number of esters is 1. The first kappa shape index (κ1) is 21.8. The third-order valence-corrected chi connectivity index (χ3v) is 5.94. The third kappa shape index (κ3) is 7.92. The molecule has 0 aliphatic heterocycles. The molecule has 0 saturated carbocycles. The number of nitriles is 1. The molecule has 5 heteroatoms. The van der Waals surface area contributed by atoms with Crippen LogP contribution in [-0.4, -0.2) is 23.3 Å². The lowest BCUT2D eigenvalue weighted by Gasteiger charge is -2.15. The molecule has 0 saturated heterocycles. The molecule has 1 aliphatic rings. The summed E-state index contributed by atoms with van der Waals surface area (Å²) < 4.78 is 5.32. The van der Waals surface area contributed by atoms with E-state index in [4.69, 9.17) is 9.72 Å². The Morgan fingerprint density at radius 2 is 1.89 bits per heavy atom. The highest BCUT2D eigenvalue weighted by Gasteiger charge is 2.15. The highest BCUT2D eigenvalue weighted by Crippen LogP contribution is 2.26. The minimum absolute atomic E-state index is 0.217. The maximum absolute atomic E-state index is 12.0. The van der Waals surface area contributed by atoms with E-state index in [1.54, 1.807) is 0 Å². The van der Waals surface area contributed by atoms with Crippen molar-refractivity contribution in [3.05, 3.63) is 22.9 Å². The zero-order valence-electron chi connectivity index (χ0n) is 16.6. The van der Waals surface area contributed by atoms with E-state index in [1.807, 2.05) is 6.07 Å². The van der Waals surface area contributed by atoms with Gasteiger partial charge in [0, 0.05) is 5.69 Å². The summed E-state index contributed by atoms with van der Waals surface area (Å²) in [5, 5.41) is 10.1. The summed E-state index contributed by atoms with van der Waals surface area (Å²) >= 11 is 1.33. The third-order valence-electron chi connectivity index (χ3n) is 4.97. The van der Waals surface area contributed by atoms with Gasteiger partial charge in [-0.1, -0.05) is 63.6 Å². The molecule has 0 spiro atoms. The maximum atomic E-state index is 12.0. The van der Waals surface area contributed by atoms with Gasteiger partial charge in [0.1, 0.15) is 11.1 Å². The van der Waals surface area contributed by atoms with Gasteiger partial charge in [0.15, 0.2) is 0 Å². The lowest BCUT2D eigenvalue weighted by Crippen LogP contribution is -2.10. The minimum atomic E-state index is -0.217. The molecule has 0 atom stereocenters. The Balaban J connectivity index is 1.79. The first-order valence-electron chi connectivity index (χ1n) is 10.5. The Hall–Kier alpha value is -1.54. The number of ether oxygens (including phenoxy) is 1. The van der Waals surface area contributed by atoms with E-state index < -0.39 is 0 Å². The predicted molar refractivity (Wildman–Crippen MR) is 110 cm³/mol. The fourth-order valence-corrected chi connectivity index (χ4v) is 4.17. The second kappa shape index (κ2) is 12.8. The molecule has 2 rings (SSSR count). The van der Waals surface area contributed by atoms with Crippen LogP contribution in [0.5, 0.6) is 0 Å². The van der Waals surface area contributed by atoms with Gasteiger partial charge in [-0.15, -0.1) is 0 Å². The van der Waals surface area contributed by atoms with Gasteiger partial charge in [-0.2, -0.15) is 5.26 Å². The van der Waals surface area contributed by atoms with E-state index in [0.717, 1.165) is 44.2 Å². The van der Waals surface area contributed by atoms with Gasteiger partial charge >= 0.3 is 5.97 Å². The topological polar surface area (TPSA) is 63.0 Å². The molecule has 0 bridgehead atoms. The van der Waals surface area contributed by atoms with Crippen molar-refractivity contribution in [3.63, 3.8) is 0 Å². The summed E-state index contributed by atoms with van der Waals surface area (Å²) in [5.74, 6) is 0.00188. The average Bonchev–Trinajstić information content (AvgIpc) is 2.66. The molecule has 1 aromatic heterocycles. The minimum Gasteiger partial charge on any atom is -0.465 e. The molecule has 1 aliphatic carbocycles. The van der Waals surface area contributed by atoms with E-state index in [9.17, 15) is 10.1 Å². The summed E-state index contributed by atoms with van der Waals surface area (Å²) in [4.78, 5) is 16.7. The number of rotatable bonds is 10. The highest BCUT2D eigenvalue weighted by molar-refractivity contribution is 7.99. The van der Waals surface area contributed by atoms with Crippen LogP contribution < -0.4 is 0 Å². The van der Waals surface area contributed by atoms with Crippen LogP contribution in [0.25, 0.3) is 0 Å². The molecule has 148 valence electrons. The Labute approximate surface area is 168 Å². The maximum Gasteiger partial charge on any atom is 0.316 e. The number of unbranched alkanes of at least 4 members (excludes halogenated alkanes) is 5. The quantitative estimate of drug-likeness (QED) is 0.296. The van der Waals surface area contributed by atoms with Crippen molar-refractivity contribution in [2.24, 2.45) is 0 Å². The van der Waals surface area contributed by atoms with E-state index in [2.05, 4.69) is 13.0 Å². The molecule has 0 fully saturated rings. The monoisotopic (exact) mass is 388 g/mol. The van der Waals surface area contributed by atoms with Crippen LogP contribution in [0.3, 0.4) is 0 Å². The van der Waals surface area contributed by atoms with Crippen molar-refractivity contribution in [1.82, 2.24) is 4.98 Å². The second-order valence-corrected chi connectivity index (χ2v) is 8.21. The smallest absolute Gasteiger partial charge is 0.316 e. The lowest BCUT2D eigenvalue weighted by atomic mass is 9.96. The SMILES string of the molecule is CCCCCCCCOC(=O)CSc1nc2c(cc1C#N)CCCCCC2. The normalized spacial score (nSPS) is 13.9. The number of pyridine rings is 1. The summed E-state index contributed by atoms with van der Waals surface area (Å²) in [5.41, 5.74) is 2.90. The highest BCUT2D eigenvalue weighted by atomic mass is 32.2. The number of carbonyl (C=O) groups is 1. The van der Waals surface area contributed by atoms with Crippen LogP contribution in [0.2, 0.25) is 0 Å². The number of nitrogens with zero attached hydrogens (tertiary/aromatic N) is 2. The van der Waals surface area contributed by atoms with Crippen LogP contribution >= 0.6 is 11.8 Å². The van der Waals surface area contributed by atoms with Crippen molar-refractivity contribution < 1.29 is 9.53 Å². The number of carbonyl (C=O) groups excluding carboxylic acids is 1. The molecule has 27 heavy (non-hydrogen) atoms. The van der Waals surface area contributed by atoms with E-state index in [1.165, 1.54) is 55.9 Å². The summed E-state index contributed by atoms with van der Waals surface area (Å²) in [6.07, 6.45) is 13.8. The molecule has 0 unspecified atom stereocenters. The van der Waals surface area contributed by atoms with Gasteiger partial charge in [-0.3, -0.25) is 4.79 Å². The van der Waals surface area contributed by atoms with E-state index >= 15 is 0 Å². The Bertz CT molecular complexity index is 640. The van der Waals surface area contributed by atoms with Crippen molar-refractivity contribution in [1.29, 1.82) is 5.26 Å². The fourth-order valence-electron chi connectivity index (χ4n) is 3.40. The number of aryl methyl sites for hydroxylation is 2. The van der Waals surface area contributed by atoms with E-state index in [0.29, 0.717) is 17.2 Å². The number of aromatic nitrogens is 1. The van der Waals surface area contributed by atoms with Gasteiger partial charge in [0.25, 0.3) is 0 Å². The Morgan fingerprint density at radius 1 is 1.15 bits per heavy atom. The zero-order valence-corrected chi connectivity index (χ0v) is 17.4. The molecule has 0 N–H and O–H groups in total. The van der Waals surface area contributed by atoms with Crippen LogP contribution in [0.4, 0.5) is 0 Å². The van der Waals surface area contributed by atoms with Crippen molar-refractivity contribution >= 4 is 17.7 Å². The first-order valence-corrected chi connectivity index (χ1v) is 11.4. The first-order chi connectivity index (χ1) is 13.2. The number of fused-ring (bicyclic) bond motifs is 1. The van der Waals surface area contributed by atoms with Crippen molar-refractivity contribution in [2.45, 2.75) is 89.0 Å². The molecule has 0 radical (unpaired) electrons.